The average Bonchev–Trinajstić information content (AvgIpc) is 2.83. The molecule has 2 amide bonds. The van der Waals surface area contributed by atoms with Crippen LogP contribution < -0.4 is 9.21 Å². The fraction of sp³-hybridized carbons (Fsp3) is 0.263. The molecule has 0 radical (unpaired) electrons. The molecule has 1 saturated heterocycles. The third-order valence-corrected chi connectivity index (χ3v) is 6.21. The lowest BCUT2D eigenvalue weighted by molar-refractivity contribution is -0.119. The van der Waals surface area contributed by atoms with Crippen molar-refractivity contribution in [1.29, 1.82) is 0 Å². The predicted octanol–water partition coefficient (Wildman–Crippen LogP) is 2.67. The average molecular weight is 372 g/mol. The van der Waals surface area contributed by atoms with Gasteiger partial charge >= 0.3 is 0 Å². The Hall–Kier alpha value is -2.67. The first-order valence-corrected chi connectivity index (χ1v) is 10.00. The first-order valence-electron chi connectivity index (χ1n) is 8.39. The molecular weight excluding hydrogens is 352 g/mol. The number of rotatable bonds is 4. The Balaban J connectivity index is 1.88. The minimum absolute atomic E-state index is 0.186. The Morgan fingerprint density at radius 3 is 2.23 bits per heavy atom. The summed E-state index contributed by atoms with van der Waals surface area (Å²) in [6.45, 7) is 3.98. The van der Waals surface area contributed by atoms with Crippen LogP contribution in [0.4, 0.5) is 11.4 Å². The predicted molar refractivity (Wildman–Crippen MR) is 101 cm³/mol. The second-order valence-electron chi connectivity index (χ2n) is 6.21. The minimum atomic E-state index is -3.65. The molecule has 3 rings (SSSR count). The summed E-state index contributed by atoms with van der Waals surface area (Å²) >= 11 is 0. The quantitative estimate of drug-likeness (QED) is 0.827. The molecule has 1 unspecified atom stereocenters. The molecule has 0 aromatic heterocycles. The Morgan fingerprint density at radius 1 is 1.12 bits per heavy atom. The van der Waals surface area contributed by atoms with Gasteiger partial charge in [-0.25, -0.2) is 12.7 Å². The molecule has 0 aliphatic carbocycles. The summed E-state index contributed by atoms with van der Waals surface area (Å²) in [7, 11) is -3.65. The number of anilines is 2. The topological polar surface area (TPSA) is 74.8 Å². The number of para-hydroxylation sites is 1. The number of hydrogen-bond donors (Lipinski definition) is 0. The van der Waals surface area contributed by atoms with E-state index >= 15 is 0 Å². The Kier molecular flexibility index (Phi) is 4.82. The summed E-state index contributed by atoms with van der Waals surface area (Å²) in [5.41, 5.74) is 1.48. The van der Waals surface area contributed by atoms with E-state index < -0.39 is 21.8 Å². The van der Waals surface area contributed by atoms with Crippen LogP contribution in [0.5, 0.6) is 0 Å². The number of nitrogens with zero attached hydrogens (tertiary/aromatic N) is 2. The van der Waals surface area contributed by atoms with E-state index in [0.29, 0.717) is 12.1 Å². The fourth-order valence-corrected chi connectivity index (χ4v) is 4.85. The van der Waals surface area contributed by atoms with Crippen LogP contribution >= 0.6 is 0 Å². The van der Waals surface area contributed by atoms with Crippen molar-refractivity contribution in [3.63, 3.8) is 0 Å². The molecular formula is C19H20N2O4S. The SMILES string of the molecule is CCN(C(=O)c1ccc(N2C(=O)C(C)CS2(=O)=O)cc1)c1ccccc1. The molecule has 0 saturated carbocycles. The molecule has 2 aromatic rings. The van der Waals surface area contributed by atoms with Crippen LogP contribution in [0.1, 0.15) is 24.2 Å². The van der Waals surface area contributed by atoms with Crippen LogP contribution in [0.3, 0.4) is 0 Å². The van der Waals surface area contributed by atoms with Gasteiger partial charge in [-0.15, -0.1) is 0 Å². The summed E-state index contributed by atoms with van der Waals surface area (Å²) in [4.78, 5) is 26.6. The normalized spacial score (nSPS) is 18.8. The molecule has 2 aromatic carbocycles. The first kappa shape index (κ1) is 18.1. The molecule has 1 fully saturated rings. The molecule has 1 heterocycles. The third kappa shape index (κ3) is 3.22. The van der Waals surface area contributed by atoms with Crippen molar-refractivity contribution in [2.45, 2.75) is 13.8 Å². The molecule has 6 nitrogen and oxygen atoms in total. The van der Waals surface area contributed by atoms with Gasteiger partial charge in [0.05, 0.1) is 17.4 Å². The van der Waals surface area contributed by atoms with Crippen LogP contribution in [-0.4, -0.2) is 32.5 Å². The highest BCUT2D eigenvalue weighted by atomic mass is 32.2. The standard InChI is InChI=1S/C19H20N2O4S/c1-3-20(16-7-5-4-6-8-16)19(23)15-9-11-17(12-10-15)21-18(22)14(2)13-26(21,24)25/h4-12,14H,3,13H2,1-2H3. The van der Waals surface area contributed by atoms with Gasteiger partial charge in [-0.2, -0.15) is 0 Å². The summed E-state index contributed by atoms with van der Waals surface area (Å²) in [6.07, 6.45) is 0. The van der Waals surface area contributed by atoms with Crippen LogP contribution in [0.2, 0.25) is 0 Å². The monoisotopic (exact) mass is 372 g/mol. The van der Waals surface area contributed by atoms with Crippen LogP contribution in [0.25, 0.3) is 0 Å². The zero-order chi connectivity index (χ0) is 18.9. The van der Waals surface area contributed by atoms with Gasteiger partial charge in [-0.1, -0.05) is 25.1 Å². The van der Waals surface area contributed by atoms with E-state index in [9.17, 15) is 18.0 Å². The molecule has 0 N–H and O–H groups in total. The highest BCUT2D eigenvalue weighted by Crippen LogP contribution is 2.28. The summed E-state index contributed by atoms with van der Waals surface area (Å²) in [5, 5.41) is 0. The fourth-order valence-electron chi connectivity index (χ4n) is 3.03. The van der Waals surface area contributed by atoms with Crippen molar-refractivity contribution in [2.75, 3.05) is 21.5 Å². The smallest absolute Gasteiger partial charge is 0.258 e. The maximum atomic E-state index is 12.8. The largest absolute Gasteiger partial charge is 0.309 e. The molecule has 7 heteroatoms. The molecule has 0 spiro atoms. The van der Waals surface area contributed by atoms with E-state index in [2.05, 4.69) is 0 Å². The van der Waals surface area contributed by atoms with Gasteiger partial charge in [0.15, 0.2) is 0 Å². The van der Waals surface area contributed by atoms with Gasteiger partial charge in [0.25, 0.3) is 5.91 Å². The van der Waals surface area contributed by atoms with Crippen molar-refractivity contribution in [3.05, 3.63) is 60.2 Å². The van der Waals surface area contributed by atoms with E-state index in [4.69, 9.17) is 0 Å². The van der Waals surface area contributed by atoms with Crippen molar-refractivity contribution in [2.24, 2.45) is 5.92 Å². The number of benzene rings is 2. The maximum Gasteiger partial charge on any atom is 0.258 e. The highest BCUT2D eigenvalue weighted by Gasteiger charge is 2.41. The number of carbonyl (C=O) groups excluding carboxylic acids is 2. The Labute approximate surface area is 153 Å². The molecule has 1 aliphatic heterocycles. The maximum absolute atomic E-state index is 12.8. The van der Waals surface area contributed by atoms with Gasteiger partial charge in [0.2, 0.25) is 15.9 Å². The second-order valence-corrected chi connectivity index (χ2v) is 8.08. The van der Waals surface area contributed by atoms with E-state index in [1.807, 2.05) is 37.3 Å². The van der Waals surface area contributed by atoms with E-state index in [0.717, 1.165) is 9.99 Å². The molecule has 1 atom stereocenters. The number of amides is 2. The minimum Gasteiger partial charge on any atom is -0.309 e. The molecule has 0 bridgehead atoms. The van der Waals surface area contributed by atoms with Crippen molar-refractivity contribution < 1.29 is 18.0 Å². The Morgan fingerprint density at radius 2 is 1.73 bits per heavy atom. The van der Waals surface area contributed by atoms with Crippen LogP contribution in [0.15, 0.2) is 54.6 Å². The van der Waals surface area contributed by atoms with Gasteiger partial charge in [0.1, 0.15) is 0 Å². The molecule has 136 valence electrons. The van der Waals surface area contributed by atoms with E-state index in [-0.39, 0.29) is 17.3 Å². The van der Waals surface area contributed by atoms with Gasteiger partial charge < -0.3 is 4.90 Å². The highest BCUT2D eigenvalue weighted by molar-refractivity contribution is 7.94. The zero-order valence-corrected chi connectivity index (χ0v) is 15.4. The van der Waals surface area contributed by atoms with E-state index in [1.165, 1.54) is 12.1 Å². The first-order chi connectivity index (χ1) is 12.3. The van der Waals surface area contributed by atoms with Gasteiger partial charge in [-0.3, -0.25) is 9.59 Å². The third-order valence-electron chi connectivity index (χ3n) is 4.34. The lowest BCUT2D eigenvalue weighted by atomic mass is 10.1. The van der Waals surface area contributed by atoms with Crippen molar-refractivity contribution >= 4 is 33.2 Å². The summed E-state index contributed by atoms with van der Waals surface area (Å²) in [6, 6.07) is 15.4. The second kappa shape index (κ2) is 6.92. The van der Waals surface area contributed by atoms with Crippen LogP contribution in [0, 0.1) is 5.92 Å². The zero-order valence-electron chi connectivity index (χ0n) is 14.6. The lowest BCUT2D eigenvalue weighted by Gasteiger charge is -2.21. The van der Waals surface area contributed by atoms with Gasteiger partial charge in [-0.05, 0) is 43.3 Å². The van der Waals surface area contributed by atoms with Gasteiger partial charge in [0, 0.05) is 17.8 Å². The van der Waals surface area contributed by atoms with Crippen molar-refractivity contribution in [3.8, 4) is 0 Å². The summed E-state index contributed by atoms with van der Waals surface area (Å²) < 4.78 is 25.2. The van der Waals surface area contributed by atoms with E-state index in [1.54, 1.807) is 24.0 Å². The summed E-state index contributed by atoms with van der Waals surface area (Å²) in [5.74, 6) is -1.38. The lowest BCUT2D eigenvalue weighted by Crippen LogP contribution is -2.31. The van der Waals surface area contributed by atoms with Crippen molar-refractivity contribution in [1.82, 2.24) is 0 Å². The number of hydrogen-bond acceptors (Lipinski definition) is 4. The Bertz CT molecular complexity index is 924. The molecule has 26 heavy (non-hydrogen) atoms. The number of sulfonamides is 1. The molecule has 1 aliphatic rings. The van der Waals surface area contributed by atoms with Crippen LogP contribution in [-0.2, 0) is 14.8 Å². The number of carbonyl (C=O) groups is 2.